The zero-order valence-corrected chi connectivity index (χ0v) is 11.5. The number of methoxy groups -OCH3 is 1. The van der Waals surface area contributed by atoms with Crippen molar-refractivity contribution in [3.63, 3.8) is 0 Å². The summed E-state index contributed by atoms with van der Waals surface area (Å²) in [5.41, 5.74) is 1.17. The van der Waals surface area contributed by atoms with E-state index in [4.69, 9.17) is 4.74 Å². The minimum atomic E-state index is 0.0555. The number of aromatic nitrogens is 1. The highest BCUT2D eigenvalue weighted by Crippen LogP contribution is 2.19. The second-order valence-corrected chi connectivity index (χ2v) is 4.98. The van der Waals surface area contributed by atoms with Gasteiger partial charge in [0.15, 0.2) is 0 Å². The summed E-state index contributed by atoms with van der Waals surface area (Å²) >= 11 is 0. The van der Waals surface area contributed by atoms with Crippen LogP contribution in [-0.2, 0) is 22.6 Å². The molecular weight excluding hydrogens is 242 g/mol. The summed E-state index contributed by atoms with van der Waals surface area (Å²) in [6.07, 6.45) is 5.37. The lowest BCUT2D eigenvalue weighted by Crippen LogP contribution is -2.30. The number of nitrogens with one attached hydrogen (secondary N) is 2. The summed E-state index contributed by atoms with van der Waals surface area (Å²) in [6, 6.07) is 4.74. The van der Waals surface area contributed by atoms with Crippen LogP contribution in [0.5, 0.6) is 0 Å². The molecule has 2 N–H and O–H groups in total. The average Bonchev–Trinajstić information content (AvgIpc) is 3.13. The third-order valence-electron chi connectivity index (χ3n) is 3.23. The van der Waals surface area contributed by atoms with Gasteiger partial charge in [-0.15, -0.1) is 0 Å². The molecule has 0 atom stereocenters. The zero-order valence-electron chi connectivity index (χ0n) is 11.5. The molecule has 0 aromatic carbocycles. The van der Waals surface area contributed by atoms with Crippen molar-refractivity contribution in [3.8, 4) is 0 Å². The number of rotatable bonds is 9. The molecule has 0 saturated heterocycles. The van der Waals surface area contributed by atoms with Crippen LogP contribution in [0.4, 0.5) is 0 Å². The van der Waals surface area contributed by atoms with Crippen LogP contribution >= 0.6 is 0 Å². The van der Waals surface area contributed by atoms with Gasteiger partial charge < -0.3 is 19.9 Å². The molecule has 0 bridgehead atoms. The van der Waals surface area contributed by atoms with E-state index in [1.807, 2.05) is 16.8 Å². The maximum atomic E-state index is 11.8. The predicted molar refractivity (Wildman–Crippen MR) is 73.8 cm³/mol. The highest BCUT2D eigenvalue weighted by molar-refractivity contribution is 5.75. The Bertz CT molecular complexity index is 399. The Kier molecular flexibility index (Phi) is 5.42. The summed E-state index contributed by atoms with van der Waals surface area (Å²) in [7, 11) is 1.67. The molecule has 106 valence electrons. The molecule has 1 saturated carbocycles. The first-order chi connectivity index (χ1) is 9.29. The van der Waals surface area contributed by atoms with Crippen molar-refractivity contribution in [2.75, 3.05) is 20.3 Å². The van der Waals surface area contributed by atoms with Gasteiger partial charge in [-0.05, 0) is 31.4 Å². The topological polar surface area (TPSA) is 55.3 Å². The Balaban J connectivity index is 1.71. The standard InChI is InChI=1S/C14H23N3O2/c1-19-9-3-7-15-14(18)11-17-8-2-4-13(17)10-16-12-5-6-12/h2,4,8,12,16H,3,5-7,9-11H2,1H3,(H,15,18). The summed E-state index contributed by atoms with van der Waals surface area (Å²) in [4.78, 5) is 11.8. The second kappa shape index (κ2) is 7.31. The van der Waals surface area contributed by atoms with E-state index in [9.17, 15) is 4.79 Å². The van der Waals surface area contributed by atoms with E-state index < -0.39 is 0 Å². The van der Waals surface area contributed by atoms with Crippen LogP contribution in [0, 0.1) is 0 Å². The van der Waals surface area contributed by atoms with E-state index in [1.54, 1.807) is 7.11 Å². The van der Waals surface area contributed by atoms with Crippen molar-refractivity contribution in [2.45, 2.75) is 38.4 Å². The lowest BCUT2D eigenvalue weighted by molar-refractivity contribution is -0.121. The van der Waals surface area contributed by atoms with Gasteiger partial charge in [0.25, 0.3) is 0 Å². The Morgan fingerprint density at radius 1 is 1.53 bits per heavy atom. The van der Waals surface area contributed by atoms with Crippen LogP contribution in [0.3, 0.4) is 0 Å². The Labute approximate surface area is 114 Å². The molecule has 0 aliphatic heterocycles. The van der Waals surface area contributed by atoms with Crippen molar-refractivity contribution >= 4 is 5.91 Å². The predicted octanol–water partition coefficient (Wildman–Crippen LogP) is 0.893. The fourth-order valence-corrected chi connectivity index (χ4v) is 1.96. The first-order valence-corrected chi connectivity index (χ1v) is 6.92. The monoisotopic (exact) mass is 265 g/mol. The Morgan fingerprint density at radius 3 is 3.11 bits per heavy atom. The first-order valence-electron chi connectivity index (χ1n) is 6.92. The largest absolute Gasteiger partial charge is 0.385 e. The molecule has 1 aliphatic rings. The van der Waals surface area contributed by atoms with Crippen LogP contribution in [0.25, 0.3) is 0 Å². The van der Waals surface area contributed by atoms with Gasteiger partial charge in [-0.1, -0.05) is 0 Å². The minimum Gasteiger partial charge on any atom is -0.385 e. The third-order valence-corrected chi connectivity index (χ3v) is 3.23. The summed E-state index contributed by atoms with van der Waals surface area (Å²) in [5.74, 6) is 0.0555. The smallest absolute Gasteiger partial charge is 0.239 e. The Hall–Kier alpha value is -1.33. The van der Waals surface area contributed by atoms with Crippen molar-refractivity contribution in [3.05, 3.63) is 24.0 Å². The van der Waals surface area contributed by atoms with Crippen molar-refractivity contribution in [1.29, 1.82) is 0 Å². The molecule has 5 heteroatoms. The molecule has 1 heterocycles. The third kappa shape index (κ3) is 5.04. The maximum Gasteiger partial charge on any atom is 0.239 e. The van der Waals surface area contributed by atoms with E-state index in [0.717, 1.165) is 13.0 Å². The highest BCUT2D eigenvalue weighted by Gasteiger charge is 2.20. The van der Waals surface area contributed by atoms with Gasteiger partial charge in [-0.2, -0.15) is 0 Å². The molecule has 1 aromatic rings. The quantitative estimate of drug-likeness (QED) is 0.652. The van der Waals surface area contributed by atoms with Crippen LogP contribution in [0.1, 0.15) is 25.0 Å². The summed E-state index contributed by atoms with van der Waals surface area (Å²) < 4.78 is 6.95. The lowest BCUT2D eigenvalue weighted by atomic mass is 10.4. The van der Waals surface area contributed by atoms with E-state index in [0.29, 0.717) is 25.7 Å². The molecule has 1 aromatic heterocycles. The van der Waals surface area contributed by atoms with Crippen LogP contribution < -0.4 is 10.6 Å². The molecule has 0 spiro atoms. The molecule has 5 nitrogen and oxygen atoms in total. The van der Waals surface area contributed by atoms with Gasteiger partial charge in [0.05, 0.1) is 0 Å². The molecular formula is C14H23N3O2. The fourth-order valence-electron chi connectivity index (χ4n) is 1.96. The minimum absolute atomic E-state index is 0.0555. The normalized spacial score (nSPS) is 14.6. The number of ether oxygens (including phenoxy) is 1. The number of nitrogens with zero attached hydrogens (tertiary/aromatic N) is 1. The average molecular weight is 265 g/mol. The van der Waals surface area contributed by atoms with E-state index >= 15 is 0 Å². The molecule has 0 unspecified atom stereocenters. The van der Waals surface area contributed by atoms with E-state index in [1.165, 1.54) is 18.5 Å². The SMILES string of the molecule is COCCCNC(=O)Cn1cccc1CNC1CC1. The summed E-state index contributed by atoms with van der Waals surface area (Å²) in [6.45, 7) is 2.58. The highest BCUT2D eigenvalue weighted by atomic mass is 16.5. The molecule has 19 heavy (non-hydrogen) atoms. The van der Waals surface area contributed by atoms with Gasteiger partial charge in [-0.3, -0.25) is 4.79 Å². The van der Waals surface area contributed by atoms with Gasteiger partial charge in [0.2, 0.25) is 5.91 Å². The number of hydrogen-bond donors (Lipinski definition) is 2. The van der Waals surface area contributed by atoms with Crippen LogP contribution in [0.15, 0.2) is 18.3 Å². The molecule has 1 fully saturated rings. The van der Waals surface area contributed by atoms with Crippen molar-refractivity contribution in [2.24, 2.45) is 0 Å². The second-order valence-electron chi connectivity index (χ2n) is 4.98. The molecule has 1 amide bonds. The first kappa shape index (κ1) is 14.1. The number of amides is 1. The lowest BCUT2D eigenvalue weighted by Gasteiger charge is -2.10. The molecule has 2 rings (SSSR count). The zero-order chi connectivity index (χ0) is 13.5. The van der Waals surface area contributed by atoms with Gasteiger partial charge in [0, 0.05) is 44.7 Å². The molecule has 0 radical (unpaired) electrons. The number of carbonyl (C=O) groups excluding carboxylic acids is 1. The fraction of sp³-hybridized carbons (Fsp3) is 0.643. The molecule has 1 aliphatic carbocycles. The van der Waals surface area contributed by atoms with Crippen LogP contribution in [-0.4, -0.2) is 36.8 Å². The Morgan fingerprint density at radius 2 is 2.37 bits per heavy atom. The maximum absolute atomic E-state index is 11.8. The van der Waals surface area contributed by atoms with Gasteiger partial charge in [0.1, 0.15) is 6.54 Å². The number of carbonyl (C=O) groups is 1. The van der Waals surface area contributed by atoms with E-state index in [2.05, 4.69) is 16.7 Å². The van der Waals surface area contributed by atoms with Crippen molar-refractivity contribution in [1.82, 2.24) is 15.2 Å². The van der Waals surface area contributed by atoms with Gasteiger partial charge >= 0.3 is 0 Å². The van der Waals surface area contributed by atoms with E-state index in [-0.39, 0.29) is 5.91 Å². The van der Waals surface area contributed by atoms with Gasteiger partial charge in [-0.25, -0.2) is 0 Å². The number of hydrogen-bond acceptors (Lipinski definition) is 3. The van der Waals surface area contributed by atoms with Crippen molar-refractivity contribution < 1.29 is 9.53 Å². The summed E-state index contributed by atoms with van der Waals surface area (Å²) in [5, 5.41) is 6.36. The van der Waals surface area contributed by atoms with Crippen LogP contribution in [0.2, 0.25) is 0 Å².